The van der Waals surface area contributed by atoms with E-state index >= 15 is 0 Å². The van der Waals surface area contributed by atoms with Crippen LogP contribution in [0, 0.1) is 0 Å². The Morgan fingerprint density at radius 3 is 2.48 bits per heavy atom. The number of hydrogen-bond donors (Lipinski definition) is 0. The molecule has 0 bridgehead atoms. The second-order valence-electron chi connectivity index (χ2n) is 3.79. The van der Waals surface area contributed by atoms with Gasteiger partial charge in [0.05, 0.1) is 12.7 Å². The number of ether oxygens (including phenoxy) is 1. The fourth-order valence-corrected chi connectivity index (χ4v) is 1.88. The summed E-state index contributed by atoms with van der Waals surface area (Å²) in [5.74, 6) is -1.24. The van der Waals surface area contributed by atoms with E-state index < -0.39 is 27.3 Å². The van der Waals surface area contributed by atoms with Gasteiger partial charge >= 0.3 is 21.6 Å². The van der Waals surface area contributed by atoms with Gasteiger partial charge in [0.25, 0.3) is 0 Å². The molecule has 0 aromatic heterocycles. The SMILES string of the molecule is C=CCc1cc(C(=O)OC)ccc1OS(=O)(=O)C(F)(F)F. The highest BCUT2D eigenvalue weighted by Crippen LogP contribution is 2.30. The second kappa shape index (κ2) is 6.17. The van der Waals surface area contributed by atoms with E-state index in [-0.39, 0.29) is 17.5 Å². The monoisotopic (exact) mass is 324 g/mol. The van der Waals surface area contributed by atoms with Crippen molar-refractivity contribution < 1.29 is 35.3 Å². The maximum absolute atomic E-state index is 12.3. The van der Waals surface area contributed by atoms with Crippen LogP contribution < -0.4 is 4.18 Å². The zero-order valence-electron chi connectivity index (χ0n) is 10.8. The van der Waals surface area contributed by atoms with E-state index in [4.69, 9.17) is 0 Å². The van der Waals surface area contributed by atoms with Gasteiger partial charge in [-0.3, -0.25) is 0 Å². The molecule has 0 heterocycles. The Balaban J connectivity index is 3.25. The maximum atomic E-state index is 12.3. The van der Waals surface area contributed by atoms with Crippen LogP contribution >= 0.6 is 0 Å². The number of hydrogen-bond acceptors (Lipinski definition) is 5. The van der Waals surface area contributed by atoms with Crippen molar-refractivity contribution >= 4 is 16.1 Å². The minimum atomic E-state index is -5.78. The van der Waals surface area contributed by atoms with Crippen molar-refractivity contribution in [2.75, 3.05) is 7.11 Å². The molecule has 0 radical (unpaired) electrons. The van der Waals surface area contributed by atoms with Gasteiger partial charge in [-0.05, 0) is 24.6 Å². The fourth-order valence-electron chi connectivity index (χ4n) is 1.39. The van der Waals surface area contributed by atoms with Crippen LogP contribution in [0.2, 0.25) is 0 Å². The number of carbonyl (C=O) groups excluding carboxylic acids is 1. The van der Waals surface area contributed by atoms with Gasteiger partial charge in [-0.25, -0.2) is 4.79 Å². The van der Waals surface area contributed by atoms with Gasteiger partial charge in [0.2, 0.25) is 0 Å². The molecule has 0 spiro atoms. The number of carbonyl (C=O) groups is 1. The van der Waals surface area contributed by atoms with Gasteiger partial charge < -0.3 is 8.92 Å². The van der Waals surface area contributed by atoms with Gasteiger partial charge in [0.15, 0.2) is 0 Å². The quantitative estimate of drug-likeness (QED) is 0.360. The van der Waals surface area contributed by atoms with Crippen LogP contribution in [-0.2, 0) is 21.3 Å². The fraction of sp³-hybridized carbons (Fsp3) is 0.250. The molecule has 21 heavy (non-hydrogen) atoms. The van der Waals surface area contributed by atoms with E-state index in [1.54, 1.807) is 0 Å². The number of alkyl halides is 3. The third kappa shape index (κ3) is 3.97. The second-order valence-corrected chi connectivity index (χ2v) is 5.33. The summed E-state index contributed by atoms with van der Waals surface area (Å²) >= 11 is 0. The number of halogens is 3. The highest BCUT2D eigenvalue weighted by molar-refractivity contribution is 7.88. The molecule has 0 saturated carbocycles. The molecule has 0 aliphatic rings. The van der Waals surface area contributed by atoms with E-state index in [9.17, 15) is 26.4 Å². The molecule has 1 aromatic carbocycles. The van der Waals surface area contributed by atoms with Crippen LogP contribution in [0.4, 0.5) is 13.2 Å². The minimum Gasteiger partial charge on any atom is -0.465 e. The molecule has 9 heteroatoms. The van der Waals surface area contributed by atoms with Crippen molar-refractivity contribution in [1.29, 1.82) is 0 Å². The van der Waals surface area contributed by atoms with Crippen LogP contribution in [0.25, 0.3) is 0 Å². The Labute approximate surface area is 119 Å². The van der Waals surface area contributed by atoms with Crippen molar-refractivity contribution in [2.45, 2.75) is 11.9 Å². The summed E-state index contributed by atoms with van der Waals surface area (Å²) in [4.78, 5) is 11.3. The molecular formula is C12H11F3O5S. The molecule has 0 atom stereocenters. The third-order valence-electron chi connectivity index (χ3n) is 2.33. The predicted molar refractivity (Wildman–Crippen MR) is 67.3 cm³/mol. The van der Waals surface area contributed by atoms with Crippen molar-refractivity contribution in [3.8, 4) is 5.75 Å². The van der Waals surface area contributed by atoms with E-state index in [1.807, 2.05) is 0 Å². The molecule has 116 valence electrons. The van der Waals surface area contributed by atoms with Crippen LogP contribution in [0.15, 0.2) is 30.9 Å². The first-order valence-corrected chi connectivity index (χ1v) is 6.86. The number of benzene rings is 1. The Morgan fingerprint density at radius 1 is 1.38 bits per heavy atom. The molecule has 0 aliphatic carbocycles. The number of methoxy groups -OCH3 is 1. The molecule has 0 N–H and O–H groups in total. The first-order valence-electron chi connectivity index (χ1n) is 5.45. The van der Waals surface area contributed by atoms with E-state index in [0.29, 0.717) is 0 Å². The van der Waals surface area contributed by atoms with Gasteiger partial charge in [0, 0.05) is 5.56 Å². The summed E-state index contributed by atoms with van der Waals surface area (Å²) in [6.45, 7) is 3.39. The standard InChI is InChI=1S/C12H11F3O5S/c1-3-4-8-7-9(11(16)19-2)5-6-10(8)20-21(17,18)12(13,14)15/h3,5-7H,1,4H2,2H3. The van der Waals surface area contributed by atoms with Gasteiger partial charge in [-0.1, -0.05) is 6.08 Å². The summed E-state index contributed by atoms with van der Waals surface area (Å²) in [5, 5.41) is 0. The summed E-state index contributed by atoms with van der Waals surface area (Å²) in [5.41, 5.74) is -5.44. The number of rotatable bonds is 5. The molecule has 0 fully saturated rings. The summed E-state index contributed by atoms with van der Waals surface area (Å²) in [6.07, 6.45) is 1.33. The highest BCUT2D eigenvalue weighted by Gasteiger charge is 2.48. The predicted octanol–water partition coefficient (Wildman–Crippen LogP) is 2.43. The lowest BCUT2D eigenvalue weighted by Crippen LogP contribution is -2.28. The van der Waals surface area contributed by atoms with E-state index in [2.05, 4.69) is 15.5 Å². The summed E-state index contributed by atoms with van der Waals surface area (Å²) < 4.78 is 67.4. The van der Waals surface area contributed by atoms with E-state index in [0.717, 1.165) is 19.2 Å². The molecule has 0 saturated heterocycles. The molecular weight excluding hydrogens is 313 g/mol. The highest BCUT2D eigenvalue weighted by atomic mass is 32.2. The number of allylic oxidation sites excluding steroid dienone is 1. The van der Waals surface area contributed by atoms with Crippen molar-refractivity contribution in [1.82, 2.24) is 0 Å². The van der Waals surface area contributed by atoms with E-state index in [1.165, 1.54) is 12.1 Å². The van der Waals surface area contributed by atoms with Crippen LogP contribution in [0.5, 0.6) is 5.75 Å². The normalized spacial score (nSPS) is 11.8. The average molecular weight is 324 g/mol. The van der Waals surface area contributed by atoms with Crippen LogP contribution in [0.3, 0.4) is 0 Å². The number of esters is 1. The third-order valence-corrected chi connectivity index (χ3v) is 3.29. The smallest absolute Gasteiger partial charge is 0.465 e. The topological polar surface area (TPSA) is 69.7 Å². The molecule has 5 nitrogen and oxygen atoms in total. The summed E-state index contributed by atoms with van der Waals surface area (Å²) in [6, 6.07) is 3.22. The van der Waals surface area contributed by atoms with Crippen molar-refractivity contribution in [2.24, 2.45) is 0 Å². The molecule has 1 rings (SSSR count). The van der Waals surface area contributed by atoms with Crippen molar-refractivity contribution in [3.63, 3.8) is 0 Å². The zero-order chi connectivity index (χ0) is 16.3. The largest absolute Gasteiger partial charge is 0.534 e. The molecule has 0 amide bonds. The molecule has 0 unspecified atom stereocenters. The summed E-state index contributed by atoms with van der Waals surface area (Å²) in [7, 11) is -4.65. The first kappa shape index (κ1) is 17.0. The lowest BCUT2D eigenvalue weighted by molar-refractivity contribution is -0.0500. The Kier molecular flexibility index (Phi) is 5.00. The maximum Gasteiger partial charge on any atom is 0.534 e. The van der Waals surface area contributed by atoms with Gasteiger partial charge in [0.1, 0.15) is 5.75 Å². The molecule has 1 aromatic rings. The zero-order valence-corrected chi connectivity index (χ0v) is 11.6. The van der Waals surface area contributed by atoms with Gasteiger partial charge in [-0.15, -0.1) is 6.58 Å². The minimum absolute atomic E-state index is 0.00748. The Morgan fingerprint density at radius 2 is 2.00 bits per heavy atom. The van der Waals surface area contributed by atoms with Crippen LogP contribution in [0.1, 0.15) is 15.9 Å². The van der Waals surface area contributed by atoms with Crippen molar-refractivity contribution in [3.05, 3.63) is 42.0 Å². The first-order chi connectivity index (χ1) is 9.62. The average Bonchev–Trinajstić information content (AvgIpc) is 2.38. The Bertz CT molecular complexity index is 649. The lowest BCUT2D eigenvalue weighted by Gasteiger charge is -2.13. The van der Waals surface area contributed by atoms with Gasteiger partial charge in [-0.2, -0.15) is 21.6 Å². The van der Waals surface area contributed by atoms with Crippen LogP contribution in [-0.4, -0.2) is 27.0 Å². The lowest BCUT2D eigenvalue weighted by atomic mass is 10.1. The Hall–Kier alpha value is -2.03. The molecule has 0 aliphatic heterocycles.